The van der Waals surface area contributed by atoms with Crippen molar-refractivity contribution >= 4 is 0 Å². The number of nitrogens with zero attached hydrogens (tertiary/aromatic N) is 1. The van der Waals surface area contributed by atoms with Gasteiger partial charge in [-0.1, -0.05) is 13.3 Å². The largest absolute Gasteiger partial charge is 0.389 e. The molecule has 0 saturated carbocycles. The summed E-state index contributed by atoms with van der Waals surface area (Å²) in [5, 5.41) is 9.91. The van der Waals surface area contributed by atoms with Gasteiger partial charge in [0, 0.05) is 26.3 Å². The number of aliphatic hydroxyl groups is 1. The van der Waals surface area contributed by atoms with Crippen molar-refractivity contribution in [1.29, 1.82) is 0 Å². The van der Waals surface area contributed by atoms with Crippen LogP contribution in [0.2, 0.25) is 0 Å². The van der Waals surface area contributed by atoms with Gasteiger partial charge in [0.05, 0.1) is 18.8 Å². The van der Waals surface area contributed by atoms with Gasteiger partial charge >= 0.3 is 0 Å². The summed E-state index contributed by atoms with van der Waals surface area (Å²) in [4.78, 5) is 2.29. The van der Waals surface area contributed by atoms with E-state index in [0.29, 0.717) is 19.3 Å². The minimum absolute atomic E-state index is 0.344. The molecule has 1 saturated heterocycles. The number of hydrogen-bond acceptors (Lipinski definition) is 4. The second-order valence-corrected chi connectivity index (χ2v) is 5.06. The van der Waals surface area contributed by atoms with Crippen LogP contribution in [0.4, 0.5) is 0 Å². The topological polar surface area (TPSA) is 41.9 Å². The van der Waals surface area contributed by atoms with E-state index in [2.05, 4.69) is 11.8 Å². The summed E-state index contributed by atoms with van der Waals surface area (Å²) in [7, 11) is 0. The van der Waals surface area contributed by atoms with E-state index in [1.807, 2.05) is 6.92 Å². The zero-order valence-corrected chi connectivity index (χ0v) is 11.9. The van der Waals surface area contributed by atoms with E-state index in [4.69, 9.17) is 9.47 Å². The average molecular weight is 259 g/mol. The fraction of sp³-hybridized carbons (Fsp3) is 1.00. The lowest BCUT2D eigenvalue weighted by molar-refractivity contribution is -0.0237. The Labute approximate surface area is 111 Å². The molecule has 0 bridgehead atoms. The number of aliphatic hydroxyl groups excluding tert-OH is 1. The molecule has 1 N–H and O–H groups in total. The molecule has 0 aromatic rings. The van der Waals surface area contributed by atoms with Gasteiger partial charge in [0.2, 0.25) is 0 Å². The number of rotatable bonds is 9. The molecule has 108 valence electrons. The highest BCUT2D eigenvalue weighted by Gasteiger charge is 2.21. The lowest BCUT2D eigenvalue weighted by Crippen LogP contribution is -2.44. The second kappa shape index (κ2) is 9.73. The van der Waals surface area contributed by atoms with Crippen LogP contribution in [0.1, 0.15) is 39.5 Å². The molecular weight excluding hydrogens is 230 g/mol. The number of unbranched alkanes of at least 4 members (excludes halogenated alkanes) is 1. The number of hydrogen-bond donors (Lipinski definition) is 1. The lowest BCUT2D eigenvalue weighted by atomic mass is 10.1. The zero-order chi connectivity index (χ0) is 13.2. The van der Waals surface area contributed by atoms with Crippen molar-refractivity contribution < 1.29 is 14.6 Å². The third-order valence-electron chi connectivity index (χ3n) is 3.29. The quantitative estimate of drug-likeness (QED) is 0.640. The van der Waals surface area contributed by atoms with Crippen molar-refractivity contribution in [3.05, 3.63) is 0 Å². The van der Waals surface area contributed by atoms with E-state index in [1.165, 1.54) is 0 Å². The molecule has 1 heterocycles. The van der Waals surface area contributed by atoms with Gasteiger partial charge < -0.3 is 14.6 Å². The van der Waals surface area contributed by atoms with Gasteiger partial charge in [0.15, 0.2) is 0 Å². The molecule has 0 aliphatic carbocycles. The van der Waals surface area contributed by atoms with Gasteiger partial charge in [-0.2, -0.15) is 0 Å². The lowest BCUT2D eigenvalue weighted by Gasteiger charge is -2.33. The molecule has 4 heteroatoms. The third kappa shape index (κ3) is 6.69. The van der Waals surface area contributed by atoms with Crippen molar-refractivity contribution in [2.45, 2.75) is 51.7 Å². The Kier molecular flexibility index (Phi) is 8.59. The van der Waals surface area contributed by atoms with Crippen LogP contribution >= 0.6 is 0 Å². The SMILES string of the molecule is CCCCOCC(O)CN1CCCC(OCC)C1. The molecule has 2 atom stereocenters. The summed E-state index contributed by atoms with van der Waals surface area (Å²) in [6.45, 7) is 8.88. The number of β-amino-alcohol motifs (C(OH)–C–C–N with tert-alkyl or cyclic N) is 1. The first kappa shape index (κ1) is 15.9. The van der Waals surface area contributed by atoms with Crippen molar-refractivity contribution in [3.63, 3.8) is 0 Å². The Morgan fingerprint density at radius 2 is 2.22 bits per heavy atom. The standard InChI is InChI=1S/C14H29NO3/c1-3-5-9-17-12-13(16)10-15-8-6-7-14(11-15)18-4-2/h13-14,16H,3-12H2,1-2H3. The number of ether oxygens (including phenoxy) is 2. The Morgan fingerprint density at radius 3 is 2.94 bits per heavy atom. The smallest absolute Gasteiger partial charge is 0.0900 e. The van der Waals surface area contributed by atoms with Crippen LogP contribution in [-0.4, -0.2) is 61.7 Å². The van der Waals surface area contributed by atoms with Crippen molar-refractivity contribution in [2.75, 3.05) is 39.5 Å². The summed E-state index contributed by atoms with van der Waals surface area (Å²) in [6.07, 6.45) is 4.49. The molecule has 0 aromatic heterocycles. The van der Waals surface area contributed by atoms with Crippen LogP contribution in [0.25, 0.3) is 0 Å². The summed E-state index contributed by atoms with van der Waals surface area (Å²) in [5.41, 5.74) is 0. The molecule has 2 unspecified atom stereocenters. The first-order chi connectivity index (χ1) is 8.76. The van der Waals surface area contributed by atoms with Gasteiger partial charge in [0.1, 0.15) is 0 Å². The number of piperidine rings is 1. The van der Waals surface area contributed by atoms with E-state index >= 15 is 0 Å². The van der Waals surface area contributed by atoms with E-state index in [1.54, 1.807) is 0 Å². The minimum atomic E-state index is -0.373. The Hall–Kier alpha value is -0.160. The molecule has 1 rings (SSSR count). The fourth-order valence-electron chi connectivity index (χ4n) is 2.37. The molecule has 0 radical (unpaired) electrons. The van der Waals surface area contributed by atoms with Gasteiger partial charge in [0.25, 0.3) is 0 Å². The molecule has 1 aliphatic heterocycles. The van der Waals surface area contributed by atoms with Gasteiger partial charge in [-0.15, -0.1) is 0 Å². The van der Waals surface area contributed by atoms with E-state index in [0.717, 1.165) is 52.0 Å². The van der Waals surface area contributed by atoms with Crippen LogP contribution < -0.4 is 0 Å². The number of likely N-dealkylation sites (tertiary alicyclic amines) is 1. The predicted molar refractivity (Wildman–Crippen MR) is 72.8 cm³/mol. The predicted octanol–water partition coefficient (Wildman–Crippen LogP) is 1.66. The molecule has 1 fully saturated rings. The van der Waals surface area contributed by atoms with Crippen LogP contribution in [0.15, 0.2) is 0 Å². The first-order valence-corrected chi connectivity index (χ1v) is 7.36. The maximum absolute atomic E-state index is 9.91. The van der Waals surface area contributed by atoms with Gasteiger partial charge in [-0.05, 0) is 32.7 Å². The molecule has 18 heavy (non-hydrogen) atoms. The van der Waals surface area contributed by atoms with Crippen molar-refractivity contribution in [3.8, 4) is 0 Å². The fourth-order valence-corrected chi connectivity index (χ4v) is 2.37. The summed E-state index contributed by atoms with van der Waals surface area (Å²) >= 11 is 0. The summed E-state index contributed by atoms with van der Waals surface area (Å²) in [6, 6.07) is 0. The average Bonchev–Trinajstić information content (AvgIpc) is 2.35. The molecule has 0 spiro atoms. The molecule has 0 amide bonds. The normalized spacial score (nSPS) is 23.2. The van der Waals surface area contributed by atoms with E-state index in [9.17, 15) is 5.11 Å². The highest BCUT2D eigenvalue weighted by atomic mass is 16.5. The molecule has 0 aromatic carbocycles. The van der Waals surface area contributed by atoms with Crippen molar-refractivity contribution in [1.82, 2.24) is 4.90 Å². The molecule has 4 nitrogen and oxygen atoms in total. The Morgan fingerprint density at radius 1 is 1.39 bits per heavy atom. The third-order valence-corrected chi connectivity index (χ3v) is 3.29. The zero-order valence-electron chi connectivity index (χ0n) is 11.9. The monoisotopic (exact) mass is 259 g/mol. The Bertz CT molecular complexity index is 199. The van der Waals surface area contributed by atoms with Gasteiger partial charge in [-0.25, -0.2) is 0 Å². The maximum atomic E-state index is 9.91. The van der Waals surface area contributed by atoms with Crippen LogP contribution in [0.5, 0.6) is 0 Å². The maximum Gasteiger partial charge on any atom is 0.0900 e. The Balaban J connectivity index is 2.12. The highest BCUT2D eigenvalue weighted by Crippen LogP contribution is 2.13. The molecular formula is C14H29NO3. The second-order valence-electron chi connectivity index (χ2n) is 5.06. The molecule has 1 aliphatic rings. The van der Waals surface area contributed by atoms with E-state index < -0.39 is 0 Å². The minimum Gasteiger partial charge on any atom is -0.389 e. The van der Waals surface area contributed by atoms with Crippen LogP contribution in [0, 0.1) is 0 Å². The summed E-state index contributed by atoms with van der Waals surface area (Å²) < 4.78 is 11.1. The van der Waals surface area contributed by atoms with E-state index in [-0.39, 0.29) is 6.10 Å². The summed E-state index contributed by atoms with van der Waals surface area (Å²) in [5.74, 6) is 0. The van der Waals surface area contributed by atoms with Crippen molar-refractivity contribution in [2.24, 2.45) is 0 Å². The van der Waals surface area contributed by atoms with Gasteiger partial charge in [-0.3, -0.25) is 4.90 Å². The van der Waals surface area contributed by atoms with Crippen LogP contribution in [-0.2, 0) is 9.47 Å². The van der Waals surface area contributed by atoms with Crippen LogP contribution in [0.3, 0.4) is 0 Å². The highest BCUT2D eigenvalue weighted by molar-refractivity contribution is 4.75. The first-order valence-electron chi connectivity index (χ1n) is 7.36.